The lowest BCUT2D eigenvalue weighted by Gasteiger charge is -2.27. The topological polar surface area (TPSA) is 98.7 Å². The summed E-state index contributed by atoms with van der Waals surface area (Å²) in [6.07, 6.45) is 0. The zero-order valence-electron chi connectivity index (χ0n) is 21.3. The largest absolute Gasteiger partial charge is 0.506 e. The van der Waals surface area contributed by atoms with Gasteiger partial charge in [-0.2, -0.15) is 0 Å². The minimum Gasteiger partial charge on any atom is -0.506 e. The number of amides is 2. The first-order valence-electron chi connectivity index (χ1n) is 12.0. The van der Waals surface area contributed by atoms with Crippen molar-refractivity contribution in [3.63, 3.8) is 0 Å². The molecule has 0 saturated carbocycles. The first-order valence-corrected chi connectivity index (χ1v) is 12.0. The van der Waals surface area contributed by atoms with Gasteiger partial charge in [-0.1, -0.05) is 61.4 Å². The first-order chi connectivity index (χ1) is 17.5. The molecule has 0 aliphatic carbocycles. The number of rotatable bonds is 6. The Morgan fingerprint density at radius 1 is 0.595 bits per heavy atom. The van der Waals surface area contributed by atoms with Crippen LogP contribution < -0.4 is 10.6 Å². The van der Waals surface area contributed by atoms with Crippen molar-refractivity contribution in [2.24, 2.45) is 0 Å². The molecular formula is C31H30N2O4. The summed E-state index contributed by atoms with van der Waals surface area (Å²) in [5, 5.41) is 26.4. The molecule has 0 aliphatic rings. The SMILES string of the molecule is Cc1ccc(C(=O)Nc2cc(C(C)(C)c3ccc(O)c(NC(=O)c4ccc(C)cc4)c3)ccc2O)cc1. The van der Waals surface area contributed by atoms with E-state index >= 15 is 0 Å². The highest BCUT2D eigenvalue weighted by Crippen LogP contribution is 2.38. The highest BCUT2D eigenvalue weighted by molar-refractivity contribution is 6.05. The predicted molar refractivity (Wildman–Crippen MR) is 147 cm³/mol. The van der Waals surface area contributed by atoms with Gasteiger partial charge in [0.1, 0.15) is 11.5 Å². The summed E-state index contributed by atoms with van der Waals surface area (Å²) in [5.74, 6) is -0.736. The maximum absolute atomic E-state index is 12.7. The van der Waals surface area contributed by atoms with E-state index in [0.29, 0.717) is 22.5 Å². The second-order valence-corrected chi connectivity index (χ2v) is 9.73. The zero-order valence-corrected chi connectivity index (χ0v) is 21.3. The Morgan fingerprint density at radius 3 is 1.30 bits per heavy atom. The molecule has 0 fully saturated rings. The van der Waals surface area contributed by atoms with Crippen LogP contribution in [0, 0.1) is 13.8 Å². The molecule has 0 bridgehead atoms. The first kappa shape index (κ1) is 25.5. The number of hydrogen-bond donors (Lipinski definition) is 4. The van der Waals surface area contributed by atoms with Crippen LogP contribution in [0.25, 0.3) is 0 Å². The quantitative estimate of drug-likeness (QED) is 0.229. The summed E-state index contributed by atoms with van der Waals surface area (Å²) >= 11 is 0. The summed E-state index contributed by atoms with van der Waals surface area (Å²) in [4.78, 5) is 25.5. The number of aromatic hydroxyl groups is 2. The Hall–Kier alpha value is -4.58. The molecule has 0 atom stereocenters. The van der Waals surface area contributed by atoms with Gasteiger partial charge in [0.05, 0.1) is 11.4 Å². The number of phenols is 2. The number of carbonyl (C=O) groups is 2. The van der Waals surface area contributed by atoms with E-state index in [2.05, 4.69) is 10.6 Å². The summed E-state index contributed by atoms with van der Waals surface area (Å²) < 4.78 is 0. The van der Waals surface area contributed by atoms with Crippen molar-refractivity contribution in [1.29, 1.82) is 0 Å². The average Bonchev–Trinajstić information content (AvgIpc) is 2.87. The molecule has 0 radical (unpaired) electrons. The van der Waals surface area contributed by atoms with E-state index in [-0.39, 0.29) is 23.3 Å². The Kier molecular flexibility index (Phi) is 7.02. The van der Waals surface area contributed by atoms with Crippen molar-refractivity contribution in [1.82, 2.24) is 0 Å². The number of benzene rings is 4. The summed E-state index contributed by atoms with van der Waals surface area (Å²) in [6.45, 7) is 7.87. The van der Waals surface area contributed by atoms with Crippen molar-refractivity contribution < 1.29 is 19.8 Å². The molecule has 4 aromatic carbocycles. The van der Waals surface area contributed by atoms with E-state index in [4.69, 9.17) is 0 Å². The molecule has 4 aromatic rings. The molecule has 0 unspecified atom stereocenters. The molecule has 2 amide bonds. The number of hydrogen-bond acceptors (Lipinski definition) is 4. The number of nitrogens with one attached hydrogen (secondary N) is 2. The lowest BCUT2D eigenvalue weighted by atomic mass is 9.77. The van der Waals surface area contributed by atoms with Crippen LogP contribution in [0.3, 0.4) is 0 Å². The summed E-state index contributed by atoms with van der Waals surface area (Å²) in [7, 11) is 0. The molecule has 188 valence electrons. The van der Waals surface area contributed by atoms with Crippen molar-refractivity contribution in [2.75, 3.05) is 10.6 Å². The molecule has 6 heteroatoms. The number of phenolic OH excluding ortho intramolecular Hbond substituents is 2. The van der Waals surface area contributed by atoms with E-state index in [1.54, 1.807) is 60.7 Å². The van der Waals surface area contributed by atoms with Gasteiger partial charge < -0.3 is 20.8 Å². The second-order valence-electron chi connectivity index (χ2n) is 9.73. The normalized spacial score (nSPS) is 11.1. The molecule has 0 aromatic heterocycles. The van der Waals surface area contributed by atoms with Gasteiger partial charge in [0.15, 0.2) is 0 Å². The van der Waals surface area contributed by atoms with Crippen molar-refractivity contribution >= 4 is 23.2 Å². The van der Waals surface area contributed by atoms with Crippen molar-refractivity contribution in [3.8, 4) is 11.5 Å². The molecule has 4 N–H and O–H groups in total. The van der Waals surface area contributed by atoms with Gasteiger partial charge in [0, 0.05) is 16.5 Å². The van der Waals surface area contributed by atoms with Crippen LogP contribution in [0.1, 0.15) is 56.8 Å². The maximum atomic E-state index is 12.7. The number of anilines is 2. The Balaban J connectivity index is 1.60. The lowest BCUT2D eigenvalue weighted by Crippen LogP contribution is -2.20. The van der Waals surface area contributed by atoms with Gasteiger partial charge >= 0.3 is 0 Å². The van der Waals surface area contributed by atoms with Gasteiger partial charge in [-0.25, -0.2) is 0 Å². The lowest BCUT2D eigenvalue weighted by molar-refractivity contribution is 0.101. The van der Waals surface area contributed by atoms with Crippen LogP contribution in [0.15, 0.2) is 84.9 Å². The standard InChI is InChI=1S/C31H30N2O4/c1-19-5-9-21(10-6-19)29(36)32-25-17-23(13-15-27(25)34)31(3,4)24-14-16-28(35)26(18-24)33-30(37)22-11-7-20(2)8-12-22/h5-18,34-35H,1-4H3,(H,32,36)(H,33,37). The maximum Gasteiger partial charge on any atom is 0.255 e. The van der Waals surface area contributed by atoms with Crippen LogP contribution in [0.2, 0.25) is 0 Å². The van der Waals surface area contributed by atoms with Crippen molar-refractivity contribution in [3.05, 3.63) is 118 Å². The van der Waals surface area contributed by atoms with Gasteiger partial charge in [-0.3, -0.25) is 9.59 Å². The second kappa shape index (κ2) is 10.2. The summed E-state index contributed by atoms with van der Waals surface area (Å²) in [6, 6.07) is 24.5. The van der Waals surface area contributed by atoms with E-state index in [0.717, 1.165) is 22.3 Å². The van der Waals surface area contributed by atoms with Crippen LogP contribution in [0.5, 0.6) is 11.5 Å². The minimum absolute atomic E-state index is 0.0447. The van der Waals surface area contributed by atoms with Crippen LogP contribution in [-0.2, 0) is 5.41 Å². The average molecular weight is 495 g/mol. The zero-order chi connectivity index (χ0) is 26.7. The van der Waals surface area contributed by atoms with Gasteiger partial charge in [0.2, 0.25) is 0 Å². The minimum atomic E-state index is -0.589. The van der Waals surface area contributed by atoms with Gasteiger partial charge in [0.25, 0.3) is 11.8 Å². The van der Waals surface area contributed by atoms with E-state index < -0.39 is 5.41 Å². The molecule has 0 heterocycles. The Morgan fingerprint density at radius 2 is 0.946 bits per heavy atom. The molecule has 0 saturated heterocycles. The number of aryl methyl sites for hydroxylation is 2. The van der Waals surface area contributed by atoms with E-state index in [1.807, 2.05) is 52.0 Å². The fourth-order valence-corrected chi connectivity index (χ4v) is 4.02. The molecule has 6 nitrogen and oxygen atoms in total. The third-order valence-corrected chi connectivity index (χ3v) is 6.56. The highest BCUT2D eigenvalue weighted by Gasteiger charge is 2.26. The van der Waals surface area contributed by atoms with E-state index in [1.165, 1.54) is 0 Å². The van der Waals surface area contributed by atoms with E-state index in [9.17, 15) is 19.8 Å². The molecule has 0 spiro atoms. The number of carbonyl (C=O) groups excluding carboxylic acids is 2. The van der Waals surface area contributed by atoms with Gasteiger partial charge in [-0.05, 0) is 73.5 Å². The molecule has 37 heavy (non-hydrogen) atoms. The predicted octanol–water partition coefficient (Wildman–Crippen LogP) is 6.55. The van der Waals surface area contributed by atoms with Gasteiger partial charge in [-0.15, -0.1) is 0 Å². The Bertz CT molecular complexity index is 1350. The van der Waals surface area contributed by atoms with Crippen LogP contribution >= 0.6 is 0 Å². The third kappa shape index (κ3) is 5.64. The van der Waals surface area contributed by atoms with Crippen molar-refractivity contribution in [2.45, 2.75) is 33.1 Å². The van der Waals surface area contributed by atoms with Crippen LogP contribution in [-0.4, -0.2) is 22.0 Å². The smallest absolute Gasteiger partial charge is 0.255 e. The monoisotopic (exact) mass is 494 g/mol. The molecule has 0 aliphatic heterocycles. The fourth-order valence-electron chi connectivity index (χ4n) is 4.02. The highest BCUT2D eigenvalue weighted by atomic mass is 16.3. The molecule has 4 rings (SSSR count). The van der Waals surface area contributed by atoms with Crippen LogP contribution in [0.4, 0.5) is 11.4 Å². The third-order valence-electron chi connectivity index (χ3n) is 6.56. The Labute approximate surface area is 216 Å². The fraction of sp³-hybridized carbons (Fsp3) is 0.161. The summed E-state index contributed by atoms with van der Waals surface area (Å²) in [5.41, 5.74) is 4.72. The molecular weight excluding hydrogens is 464 g/mol.